The van der Waals surface area contributed by atoms with Gasteiger partial charge >= 0.3 is 0 Å². The van der Waals surface area contributed by atoms with Gasteiger partial charge in [0.1, 0.15) is 0 Å². The normalized spacial score (nSPS) is 24.0. The molecule has 0 aliphatic heterocycles. The molecule has 0 heterocycles. The Labute approximate surface area is 133 Å². The lowest BCUT2D eigenvalue weighted by molar-refractivity contribution is 0.289. The Hall–Kier alpha value is -1.79. The van der Waals surface area contributed by atoms with Crippen molar-refractivity contribution < 1.29 is 0 Å². The van der Waals surface area contributed by atoms with E-state index in [0.717, 1.165) is 28.6 Å². The fourth-order valence-corrected chi connectivity index (χ4v) is 3.36. The summed E-state index contributed by atoms with van der Waals surface area (Å²) in [6.45, 7) is 2.10. The molecule has 0 spiro atoms. The molecule has 1 aliphatic carbocycles. The van der Waals surface area contributed by atoms with Gasteiger partial charge in [-0.25, -0.2) is 0 Å². The number of aryl methyl sites for hydroxylation is 1. The van der Waals surface area contributed by atoms with Gasteiger partial charge in [-0.3, -0.25) is 0 Å². The van der Waals surface area contributed by atoms with Gasteiger partial charge in [-0.05, 0) is 43.0 Å². The number of nitrogens with zero attached hydrogens (tertiary/aromatic N) is 1. The molecule has 0 radical (unpaired) electrons. The summed E-state index contributed by atoms with van der Waals surface area (Å²) in [7, 11) is 0. The van der Waals surface area contributed by atoms with E-state index in [1.165, 1.54) is 5.56 Å². The number of nitriles is 1. The molecule has 3 rings (SSSR count). The van der Waals surface area contributed by atoms with Crippen LogP contribution < -0.4 is 5.32 Å². The van der Waals surface area contributed by atoms with Gasteiger partial charge in [-0.2, -0.15) is 5.26 Å². The minimum absolute atomic E-state index is 0.321. The molecular weight excluding hydrogens is 324 g/mol. The molecule has 0 unspecified atom stereocenters. The van der Waals surface area contributed by atoms with Crippen molar-refractivity contribution in [1.29, 1.82) is 5.26 Å². The smallest absolute Gasteiger partial charge is 0.0861 e. The summed E-state index contributed by atoms with van der Waals surface area (Å²) >= 11 is 3.51. The van der Waals surface area contributed by atoms with E-state index in [-0.39, 0.29) is 5.41 Å². The van der Waals surface area contributed by atoms with Crippen LogP contribution in [0.3, 0.4) is 0 Å². The lowest BCUT2D eigenvalue weighted by Gasteiger charge is -2.44. The minimum atomic E-state index is -0.321. The zero-order valence-corrected chi connectivity index (χ0v) is 13.5. The molecule has 1 aliphatic rings. The van der Waals surface area contributed by atoms with Gasteiger partial charge in [0, 0.05) is 16.2 Å². The Morgan fingerprint density at radius 1 is 1.19 bits per heavy atom. The number of anilines is 1. The van der Waals surface area contributed by atoms with E-state index in [0.29, 0.717) is 6.04 Å². The summed E-state index contributed by atoms with van der Waals surface area (Å²) in [5.74, 6) is 0. The third kappa shape index (κ3) is 2.69. The largest absolute Gasteiger partial charge is 0.382 e. The Bertz CT molecular complexity index is 682. The predicted octanol–water partition coefficient (Wildman–Crippen LogP) is 4.79. The van der Waals surface area contributed by atoms with Crippen LogP contribution in [0.1, 0.15) is 24.0 Å². The molecule has 0 saturated heterocycles. The van der Waals surface area contributed by atoms with Gasteiger partial charge in [-0.1, -0.05) is 52.3 Å². The van der Waals surface area contributed by atoms with Crippen molar-refractivity contribution in [3.63, 3.8) is 0 Å². The second-order valence-corrected chi connectivity index (χ2v) is 6.68. The first kappa shape index (κ1) is 14.2. The highest BCUT2D eigenvalue weighted by Gasteiger charge is 2.46. The quantitative estimate of drug-likeness (QED) is 0.871. The summed E-state index contributed by atoms with van der Waals surface area (Å²) < 4.78 is 1.07. The number of rotatable bonds is 3. The first-order valence-electron chi connectivity index (χ1n) is 7.12. The Balaban J connectivity index is 1.73. The van der Waals surface area contributed by atoms with Crippen LogP contribution in [-0.4, -0.2) is 6.04 Å². The van der Waals surface area contributed by atoms with Crippen LogP contribution in [0.25, 0.3) is 0 Å². The van der Waals surface area contributed by atoms with Gasteiger partial charge in [0.15, 0.2) is 0 Å². The summed E-state index contributed by atoms with van der Waals surface area (Å²) in [6.07, 6.45) is 1.72. The number of nitrogens with one attached hydrogen (secondary N) is 1. The van der Waals surface area contributed by atoms with Crippen LogP contribution in [0, 0.1) is 18.3 Å². The predicted molar refractivity (Wildman–Crippen MR) is 89.3 cm³/mol. The van der Waals surface area contributed by atoms with Crippen molar-refractivity contribution in [3.8, 4) is 6.07 Å². The fourth-order valence-electron chi connectivity index (χ4n) is 3.00. The molecule has 0 aromatic heterocycles. The second-order valence-electron chi connectivity index (χ2n) is 5.77. The van der Waals surface area contributed by atoms with Crippen molar-refractivity contribution in [2.24, 2.45) is 0 Å². The minimum Gasteiger partial charge on any atom is -0.382 e. The SMILES string of the molecule is Cc1ccc(Br)cc1NC1CC(C#N)(c2ccccc2)C1. The average Bonchev–Trinajstić information content (AvgIpc) is 2.47. The van der Waals surface area contributed by atoms with E-state index in [4.69, 9.17) is 0 Å². The lowest BCUT2D eigenvalue weighted by atomic mass is 9.62. The van der Waals surface area contributed by atoms with E-state index in [9.17, 15) is 5.26 Å². The van der Waals surface area contributed by atoms with E-state index in [1.807, 2.05) is 24.3 Å². The van der Waals surface area contributed by atoms with Crippen molar-refractivity contribution >= 4 is 21.6 Å². The molecular formula is C18H17BrN2. The summed E-state index contributed by atoms with van der Waals surface area (Å²) in [4.78, 5) is 0. The monoisotopic (exact) mass is 340 g/mol. The first-order chi connectivity index (χ1) is 10.1. The zero-order valence-electron chi connectivity index (χ0n) is 11.9. The number of hydrogen-bond acceptors (Lipinski definition) is 2. The van der Waals surface area contributed by atoms with Crippen LogP contribution >= 0.6 is 15.9 Å². The maximum absolute atomic E-state index is 9.59. The third-order valence-electron chi connectivity index (χ3n) is 4.29. The lowest BCUT2D eigenvalue weighted by Crippen LogP contribution is -2.47. The molecule has 0 atom stereocenters. The van der Waals surface area contributed by atoms with Crippen molar-refractivity contribution in [3.05, 3.63) is 64.1 Å². The van der Waals surface area contributed by atoms with E-state index in [1.54, 1.807) is 0 Å². The van der Waals surface area contributed by atoms with Crippen molar-refractivity contribution in [2.45, 2.75) is 31.2 Å². The number of halogens is 1. The highest BCUT2D eigenvalue weighted by Crippen LogP contribution is 2.44. The molecule has 0 amide bonds. The average molecular weight is 341 g/mol. The highest BCUT2D eigenvalue weighted by atomic mass is 79.9. The second kappa shape index (κ2) is 5.54. The highest BCUT2D eigenvalue weighted by molar-refractivity contribution is 9.10. The molecule has 1 saturated carbocycles. The Morgan fingerprint density at radius 3 is 2.57 bits per heavy atom. The summed E-state index contributed by atoms with van der Waals surface area (Å²) in [5.41, 5.74) is 3.19. The van der Waals surface area contributed by atoms with E-state index >= 15 is 0 Å². The Morgan fingerprint density at radius 2 is 1.90 bits per heavy atom. The van der Waals surface area contributed by atoms with Gasteiger partial charge in [0.25, 0.3) is 0 Å². The van der Waals surface area contributed by atoms with E-state index < -0.39 is 0 Å². The molecule has 21 heavy (non-hydrogen) atoms. The van der Waals surface area contributed by atoms with Gasteiger partial charge in [0.05, 0.1) is 11.5 Å². The molecule has 2 aromatic carbocycles. The summed E-state index contributed by atoms with van der Waals surface area (Å²) in [6, 6.07) is 19.3. The van der Waals surface area contributed by atoms with Gasteiger partial charge < -0.3 is 5.32 Å². The van der Waals surface area contributed by atoms with Crippen LogP contribution in [0.2, 0.25) is 0 Å². The molecule has 3 heteroatoms. The number of benzene rings is 2. The molecule has 2 aromatic rings. The molecule has 1 N–H and O–H groups in total. The topological polar surface area (TPSA) is 35.8 Å². The zero-order chi connectivity index (χ0) is 14.9. The van der Waals surface area contributed by atoms with Crippen LogP contribution in [-0.2, 0) is 5.41 Å². The van der Waals surface area contributed by atoms with Gasteiger partial charge in [-0.15, -0.1) is 0 Å². The molecule has 0 bridgehead atoms. The maximum atomic E-state index is 9.59. The van der Waals surface area contributed by atoms with Crippen LogP contribution in [0.5, 0.6) is 0 Å². The molecule has 2 nitrogen and oxygen atoms in total. The first-order valence-corrected chi connectivity index (χ1v) is 7.92. The van der Waals surface area contributed by atoms with E-state index in [2.05, 4.69) is 58.5 Å². The fraction of sp³-hybridized carbons (Fsp3) is 0.278. The number of hydrogen-bond donors (Lipinski definition) is 1. The van der Waals surface area contributed by atoms with Crippen LogP contribution in [0.15, 0.2) is 53.0 Å². The summed E-state index contributed by atoms with van der Waals surface area (Å²) in [5, 5.41) is 13.2. The third-order valence-corrected chi connectivity index (χ3v) is 4.78. The molecule has 106 valence electrons. The van der Waals surface area contributed by atoms with Crippen molar-refractivity contribution in [2.75, 3.05) is 5.32 Å². The van der Waals surface area contributed by atoms with Crippen LogP contribution in [0.4, 0.5) is 5.69 Å². The molecule has 1 fully saturated rings. The Kier molecular flexibility index (Phi) is 3.73. The van der Waals surface area contributed by atoms with Gasteiger partial charge in [0.2, 0.25) is 0 Å². The maximum Gasteiger partial charge on any atom is 0.0861 e. The standard InChI is InChI=1S/C18H17BrN2/c1-13-7-8-15(19)9-17(13)21-16-10-18(11-16,12-20)14-5-3-2-4-6-14/h2-9,16,21H,10-11H2,1H3. The van der Waals surface area contributed by atoms with Crippen molar-refractivity contribution in [1.82, 2.24) is 0 Å².